The summed E-state index contributed by atoms with van der Waals surface area (Å²) in [7, 11) is 0. The molecule has 16 heavy (non-hydrogen) atoms. The molecule has 4 heteroatoms. The Labute approximate surface area is 108 Å². The quantitative estimate of drug-likeness (QED) is 0.864. The number of rotatable bonds is 2. The van der Waals surface area contributed by atoms with E-state index in [1.807, 2.05) is 30.3 Å². The van der Waals surface area contributed by atoms with Crippen LogP contribution < -0.4 is 5.73 Å². The molecule has 2 rings (SSSR count). The van der Waals surface area contributed by atoms with Crippen molar-refractivity contribution in [2.24, 2.45) is 0 Å². The van der Waals surface area contributed by atoms with Crippen molar-refractivity contribution in [3.05, 3.63) is 39.6 Å². The lowest BCUT2D eigenvalue weighted by molar-refractivity contribution is 0.994. The number of halogens is 1. The molecule has 1 aromatic heterocycles. The van der Waals surface area contributed by atoms with Crippen LogP contribution in [0.15, 0.2) is 30.3 Å². The van der Waals surface area contributed by atoms with Crippen molar-refractivity contribution < 1.29 is 0 Å². The number of hydrogen-bond acceptors (Lipinski definition) is 3. The van der Waals surface area contributed by atoms with Gasteiger partial charge < -0.3 is 5.73 Å². The van der Waals surface area contributed by atoms with Crippen molar-refractivity contribution in [1.82, 2.24) is 9.97 Å². The van der Waals surface area contributed by atoms with Crippen LogP contribution in [0.1, 0.15) is 12.6 Å². The Morgan fingerprint density at radius 3 is 2.50 bits per heavy atom. The summed E-state index contributed by atoms with van der Waals surface area (Å²) in [6.45, 7) is 2.07. The van der Waals surface area contributed by atoms with Crippen molar-refractivity contribution in [3.63, 3.8) is 0 Å². The fraction of sp³-hybridized carbons (Fsp3) is 0.167. The summed E-state index contributed by atoms with van der Waals surface area (Å²) in [5.41, 5.74) is 7.88. The summed E-state index contributed by atoms with van der Waals surface area (Å²) < 4.78 is 0.958. The number of benzene rings is 1. The molecule has 82 valence electrons. The first-order chi connectivity index (χ1) is 7.72. The van der Waals surface area contributed by atoms with Crippen LogP contribution >= 0.6 is 22.6 Å². The minimum atomic E-state index is 0.561. The molecule has 2 N–H and O–H groups in total. The van der Waals surface area contributed by atoms with E-state index >= 15 is 0 Å². The number of anilines is 1. The van der Waals surface area contributed by atoms with E-state index in [2.05, 4.69) is 39.5 Å². The Balaban J connectivity index is 2.55. The maximum absolute atomic E-state index is 5.88. The molecule has 0 fully saturated rings. The molecule has 0 aliphatic rings. The van der Waals surface area contributed by atoms with Crippen molar-refractivity contribution in [2.75, 3.05) is 5.73 Å². The molecule has 0 atom stereocenters. The number of nitrogens with zero attached hydrogens (tertiary/aromatic N) is 2. The third-order valence-electron chi connectivity index (χ3n) is 2.31. The van der Waals surface area contributed by atoms with Gasteiger partial charge in [-0.15, -0.1) is 0 Å². The van der Waals surface area contributed by atoms with Gasteiger partial charge in [-0.3, -0.25) is 0 Å². The van der Waals surface area contributed by atoms with Gasteiger partial charge in [-0.25, -0.2) is 9.97 Å². The van der Waals surface area contributed by atoms with E-state index in [1.165, 1.54) is 0 Å². The molecule has 0 aliphatic carbocycles. The highest BCUT2D eigenvalue weighted by Crippen LogP contribution is 2.22. The predicted molar refractivity (Wildman–Crippen MR) is 74.0 cm³/mol. The Kier molecular flexibility index (Phi) is 3.38. The van der Waals surface area contributed by atoms with Crippen LogP contribution in [-0.4, -0.2) is 9.97 Å². The van der Waals surface area contributed by atoms with Crippen LogP contribution in [0.25, 0.3) is 11.4 Å². The van der Waals surface area contributed by atoms with Crippen LogP contribution in [0.2, 0.25) is 0 Å². The van der Waals surface area contributed by atoms with E-state index in [-0.39, 0.29) is 0 Å². The number of nitrogen functional groups attached to an aromatic ring is 1. The Morgan fingerprint density at radius 1 is 1.19 bits per heavy atom. The average molecular weight is 325 g/mol. The van der Waals surface area contributed by atoms with E-state index in [4.69, 9.17) is 5.73 Å². The summed E-state index contributed by atoms with van der Waals surface area (Å²) in [4.78, 5) is 8.83. The second kappa shape index (κ2) is 4.78. The molecule has 0 spiro atoms. The lowest BCUT2D eigenvalue weighted by Crippen LogP contribution is -2.04. The highest BCUT2D eigenvalue weighted by atomic mass is 127. The highest BCUT2D eigenvalue weighted by molar-refractivity contribution is 14.1. The standard InChI is InChI=1S/C12H12IN3/c1-2-9-10(13)11(14)16-12(15-9)8-6-4-3-5-7-8/h3-7H,2H2,1H3,(H2,14,15,16). The fourth-order valence-corrected chi connectivity index (χ4v) is 2.09. The van der Waals surface area contributed by atoms with Gasteiger partial charge in [0, 0.05) is 5.56 Å². The van der Waals surface area contributed by atoms with Crippen LogP contribution in [0.5, 0.6) is 0 Å². The Morgan fingerprint density at radius 2 is 1.88 bits per heavy atom. The summed E-state index contributed by atoms with van der Waals surface area (Å²) >= 11 is 2.19. The van der Waals surface area contributed by atoms with E-state index < -0.39 is 0 Å². The molecule has 0 bridgehead atoms. The van der Waals surface area contributed by atoms with E-state index in [0.717, 1.165) is 21.2 Å². The molecular formula is C12H12IN3. The van der Waals surface area contributed by atoms with Crippen LogP contribution in [-0.2, 0) is 6.42 Å². The van der Waals surface area contributed by atoms with Crippen molar-refractivity contribution in [1.29, 1.82) is 0 Å². The first-order valence-corrected chi connectivity index (χ1v) is 6.17. The summed E-state index contributed by atoms with van der Waals surface area (Å²) in [5, 5.41) is 0. The zero-order valence-electron chi connectivity index (χ0n) is 8.94. The zero-order chi connectivity index (χ0) is 11.5. The molecule has 1 aromatic carbocycles. The molecular weight excluding hydrogens is 313 g/mol. The third kappa shape index (κ3) is 2.16. The molecule has 0 amide bonds. The van der Waals surface area contributed by atoms with Gasteiger partial charge in [-0.2, -0.15) is 0 Å². The molecule has 3 nitrogen and oxygen atoms in total. The minimum absolute atomic E-state index is 0.561. The van der Waals surface area contributed by atoms with E-state index in [0.29, 0.717) is 11.6 Å². The van der Waals surface area contributed by atoms with Gasteiger partial charge in [0.2, 0.25) is 0 Å². The fourth-order valence-electron chi connectivity index (χ4n) is 1.46. The van der Waals surface area contributed by atoms with Gasteiger partial charge in [-0.1, -0.05) is 37.3 Å². The maximum Gasteiger partial charge on any atom is 0.161 e. The van der Waals surface area contributed by atoms with Gasteiger partial charge in [0.25, 0.3) is 0 Å². The highest BCUT2D eigenvalue weighted by Gasteiger charge is 2.09. The Hall–Kier alpha value is -1.17. The first-order valence-electron chi connectivity index (χ1n) is 5.09. The van der Waals surface area contributed by atoms with Gasteiger partial charge >= 0.3 is 0 Å². The molecule has 0 unspecified atom stereocenters. The maximum atomic E-state index is 5.88. The molecule has 2 aromatic rings. The number of nitrogens with two attached hydrogens (primary N) is 1. The monoisotopic (exact) mass is 325 g/mol. The average Bonchev–Trinajstić information content (AvgIpc) is 2.33. The van der Waals surface area contributed by atoms with E-state index in [1.54, 1.807) is 0 Å². The topological polar surface area (TPSA) is 51.8 Å². The van der Waals surface area contributed by atoms with Crippen molar-refractivity contribution >= 4 is 28.4 Å². The lowest BCUT2D eigenvalue weighted by Gasteiger charge is -2.07. The lowest BCUT2D eigenvalue weighted by atomic mass is 10.2. The minimum Gasteiger partial charge on any atom is -0.383 e. The number of hydrogen-bond donors (Lipinski definition) is 1. The summed E-state index contributed by atoms with van der Waals surface area (Å²) in [5.74, 6) is 1.27. The smallest absolute Gasteiger partial charge is 0.161 e. The van der Waals surface area contributed by atoms with Gasteiger partial charge in [0.05, 0.1) is 9.26 Å². The van der Waals surface area contributed by atoms with E-state index in [9.17, 15) is 0 Å². The van der Waals surface area contributed by atoms with Crippen molar-refractivity contribution in [3.8, 4) is 11.4 Å². The SMILES string of the molecule is CCc1nc(-c2ccccc2)nc(N)c1I. The summed E-state index contributed by atoms with van der Waals surface area (Å²) in [6, 6.07) is 9.89. The van der Waals surface area contributed by atoms with Gasteiger partial charge in [-0.05, 0) is 29.0 Å². The van der Waals surface area contributed by atoms with Crippen LogP contribution in [0, 0.1) is 3.57 Å². The molecule has 0 saturated heterocycles. The normalized spacial score (nSPS) is 10.4. The molecule has 0 radical (unpaired) electrons. The molecule has 0 saturated carbocycles. The zero-order valence-corrected chi connectivity index (χ0v) is 11.1. The first kappa shape index (κ1) is 11.3. The number of aryl methyl sites for hydroxylation is 1. The molecule has 0 aliphatic heterocycles. The summed E-state index contributed by atoms with van der Waals surface area (Å²) in [6.07, 6.45) is 0.866. The second-order valence-corrected chi connectivity index (χ2v) is 4.49. The second-order valence-electron chi connectivity index (χ2n) is 3.41. The third-order valence-corrected chi connectivity index (χ3v) is 3.49. The number of aromatic nitrogens is 2. The Bertz CT molecular complexity index is 497. The predicted octanol–water partition coefficient (Wildman–Crippen LogP) is 2.89. The molecule has 1 heterocycles. The van der Waals surface area contributed by atoms with Gasteiger partial charge in [0.15, 0.2) is 5.82 Å². The van der Waals surface area contributed by atoms with Crippen LogP contribution in [0.3, 0.4) is 0 Å². The van der Waals surface area contributed by atoms with Crippen LogP contribution in [0.4, 0.5) is 5.82 Å². The van der Waals surface area contributed by atoms with Gasteiger partial charge in [0.1, 0.15) is 5.82 Å². The largest absolute Gasteiger partial charge is 0.383 e. The van der Waals surface area contributed by atoms with Crippen molar-refractivity contribution in [2.45, 2.75) is 13.3 Å².